The van der Waals surface area contributed by atoms with Crippen LogP contribution in [0, 0.1) is 11.3 Å². The number of fused-ring (bicyclic) bond motifs is 3. The van der Waals surface area contributed by atoms with Crippen LogP contribution in [0.1, 0.15) is 19.3 Å². The van der Waals surface area contributed by atoms with Crippen molar-refractivity contribution in [1.29, 1.82) is 5.26 Å². The van der Waals surface area contributed by atoms with Gasteiger partial charge >= 0.3 is 0 Å². The topological polar surface area (TPSA) is 97.7 Å². The number of hydrogen-bond donors (Lipinski definition) is 2. The molecule has 25 heavy (non-hydrogen) atoms. The number of piperidine rings is 1. The molecule has 3 aromatic heterocycles. The quantitative estimate of drug-likeness (QED) is 0.764. The Balaban J connectivity index is 1.58. The Morgan fingerprint density at radius 2 is 2.20 bits per heavy atom. The fourth-order valence-electron chi connectivity index (χ4n) is 3.48. The van der Waals surface area contributed by atoms with E-state index in [1.54, 1.807) is 0 Å². The first-order valence-corrected chi connectivity index (χ1v) is 8.38. The molecule has 4 rings (SSSR count). The van der Waals surface area contributed by atoms with Gasteiger partial charge in [0.15, 0.2) is 0 Å². The lowest BCUT2D eigenvalue weighted by Gasteiger charge is -2.33. The number of carbonyl (C=O) groups excluding carboxylic acids is 1. The molecule has 0 saturated carbocycles. The van der Waals surface area contributed by atoms with Crippen LogP contribution in [0.5, 0.6) is 0 Å². The molecule has 1 fully saturated rings. The van der Waals surface area contributed by atoms with Gasteiger partial charge in [-0.25, -0.2) is 9.97 Å². The molecular formula is C18H18N6O. The summed E-state index contributed by atoms with van der Waals surface area (Å²) >= 11 is 0. The normalized spacial score (nSPS) is 15.4. The Bertz CT molecular complexity index is 965. The van der Waals surface area contributed by atoms with E-state index in [-0.39, 0.29) is 18.4 Å². The fraction of sp³-hybridized carbons (Fsp3) is 0.333. The van der Waals surface area contributed by atoms with Crippen molar-refractivity contribution in [3.8, 4) is 6.07 Å². The van der Waals surface area contributed by atoms with Crippen LogP contribution in [-0.4, -0.2) is 40.0 Å². The minimum absolute atomic E-state index is 0.0798. The van der Waals surface area contributed by atoms with Crippen LogP contribution in [0.25, 0.3) is 21.8 Å². The van der Waals surface area contributed by atoms with Crippen molar-refractivity contribution in [3.05, 3.63) is 30.7 Å². The van der Waals surface area contributed by atoms with E-state index in [1.165, 1.54) is 0 Å². The summed E-state index contributed by atoms with van der Waals surface area (Å²) in [5, 5.41) is 14.8. The number of nitriles is 1. The van der Waals surface area contributed by atoms with Crippen molar-refractivity contribution in [2.45, 2.75) is 25.3 Å². The van der Waals surface area contributed by atoms with E-state index in [1.807, 2.05) is 36.8 Å². The van der Waals surface area contributed by atoms with Gasteiger partial charge in [0.1, 0.15) is 17.9 Å². The van der Waals surface area contributed by atoms with Crippen LogP contribution in [0.2, 0.25) is 0 Å². The first-order valence-electron chi connectivity index (χ1n) is 8.38. The minimum atomic E-state index is -0.190. The third-order valence-electron chi connectivity index (χ3n) is 4.69. The lowest BCUT2D eigenvalue weighted by Crippen LogP contribution is -2.44. The van der Waals surface area contributed by atoms with E-state index >= 15 is 0 Å². The van der Waals surface area contributed by atoms with Crippen molar-refractivity contribution in [2.24, 2.45) is 0 Å². The van der Waals surface area contributed by atoms with Crippen molar-refractivity contribution in [3.63, 3.8) is 0 Å². The zero-order chi connectivity index (χ0) is 17.2. The molecule has 2 N–H and O–H groups in total. The summed E-state index contributed by atoms with van der Waals surface area (Å²) in [4.78, 5) is 26.1. The number of amides is 1. The number of H-pyrrole nitrogens is 1. The minimum Gasteiger partial charge on any atom is -0.356 e. The van der Waals surface area contributed by atoms with E-state index in [0.717, 1.165) is 53.6 Å². The molecule has 0 unspecified atom stereocenters. The molecule has 0 spiro atoms. The van der Waals surface area contributed by atoms with Gasteiger partial charge in [0.2, 0.25) is 5.91 Å². The molecule has 0 atom stereocenters. The Morgan fingerprint density at radius 3 is 3.00 bits per heavy atom. The largest absolute Gasteiger partial charge is 0.356 e. The highest BCUT2D eigenvalue weighted by Crippen LogP contribution is 2.31. The van der Waals surface area contributed by atoms with Crippen LogP contribution >= 0.6 is 0 Å². The van der Waals surface area contributed by atoms with E-state index < -0.39 is 0 Å². The summed E-state index contributed by atoms with van der Waals surface area (Å²) in [6.45, 7) is 1.63. The molecule has 126 valence electrons. The Hall–Kier alpha value is -3.14. The molecule has 1 aliphatic heterocycles. The van der Waals surface area contributed by atoms with Gasteiger partial charge in [0.25, 0.3) is 0 Å². The molecule has 7 heteroatoms. The van der Waals surface area contributed by atoms with E-state index in [2.05, 4.69) is 25.2 Å². The molecule has 3 aromatic rings. The van der Waals surface area contributed by atoms with E-state index in [4.69, 9.17) is 5.26 Å². The van der Waals surface area contributed by atoms with Gasteiger partial charge in [-0.05, 0) is 25.0 Å². The SMILES string of the molecule is N#CCC(=O)NC1CCN(c2nccc3cnc4[nH]ccc4c23)CC1. The zero-order valence-electron chi connectivity index (χ0n) is 13.7. The number of hydrogen-bond acceptors (Lipinski definition) is 5. The average molecular weight is 334 g/mol. The first kappa shape index (κ1) is 15.4. The number of aromatic amines is 1. The lowest BCUT2D eigenvalue weighted by atomic mass is 10.0. The molecule has 1 amide bonds. The zero-order valence-corrected chi connectivity index (χ0v) is 13.7. The number of anilines is 1. The first-order chi connectivity index (χ1) is 12.3. The average Bonchev–Trinajstić information content (AvgIpc) is 3.11. The molecule has 0 bridgehead atoms. The van der Waals surface area contributed by atoms with Gasteiger partial charge in [-0.1, -0.05) is 0 Å². The van der Waals surface area contributed by atoms with Crippen molar-refractivity contribution in [2.75, 3.05) is 18.0 Å². The lowest BCUT2D eigenvalue weighted by molar-refractivity contribution is -0.120. The number of pyridine rings is 2. The highest BCUT2D eigenvalue weighted by molar-refractivity contribution is 6.10. The van der Waals surface area contributed by atoms with Gasteiger partial charge in [0.05, 0.1) is 6.07 Å². The summed E-state index contributed by atoms with van der Waals surface area (Å²) in [5.74, 6) is 0.774. The molecule has 0 aliphatic carbocycles. The summed E-state index contributed by atoms with van der Waals surface area (Å²) < 4.78 is 0. The Kier molecular flexibility index (Phi) is 3.94. The Labute approximate surface area is 144 Å². The Morgan fingerprint density at radius 1 is 1.36 bits per heavy atom. The van der Waals surface area contributed by atoms with Gasteiger partial charge in [0, 0.05) is 53.9 Å². The van der Waals surface area contributed by atoms with Crippen LogP contribution in [0.15, 0.2) is 30.7 Å². The maximum absolute atomic E-state index is 11.6. The second-order valence-electron chi connectivity index (χ2n) is 6.26. The monoisotopic (exact) mass is 334 g/mol. The summed E-state index contributed by atoms with van der Waals surface area (Å²) in [6, 6.07) is 6.02. The van der Waals surface area contributed by atoms with Crippen molar-refractivity contribution < 1.29 is 4.79 Å². The molecule has 0 radical (unpaired) electrons. The molecule has 0 aromatic carbocycles. The second kappa shape index (κ2) is 6.40. The van der Waals surface area contributed by atoms with Crippen molar-refractivity contribution in [1.82, 2.24) is 20.3 Å². The summed E-state index contributed by atoms with van der Waals surface area (Å²) in [5.41, 5.74) is 0.861. The highest BCUT2D eigenvalue weighted by Gasteiger charge is 2.23. The maximum atomic E-state index is 11.6. The number of carbonyl (C=O) groups is 1. The number of rotatable bonds is 3. The second-order valence-corrected chi connectivity index (χ2v) is 6.26. The third kappa shape index (κ3) is 2.87. The molecule has 1 aliphatic rings. The molecular weight excluding hydrogens is 316 g/mol. The molecule has 7 nitrogen and oxygen atoms in total. The summed E-state index contributed by atoms with van der Waals surface area (Å²) in [7, 11) is 0. The summed E-state index contributed by atoms with van der Waals surface area (Å²) in [6.07, 6.45) is 7.19. The predicted octanol–water partition coefficient (Wildman–Crippen LogP) is 2.11. The van der Waals surface area contributed by atoms with Gasteiger partial charge in [-0.3, -0.25) is 4.79 Å². The van der Waals surface area contributed by atoms with Gasteiger partial charge in [-0.15, -0.1) is 0 Å². The number of nitrogens with zero attached hydrogens (tertiary/aromatic N) is 4. The van der Waals surface area contributed by atoms with E-state index in [0.29, 0.717) is 0 Å². The maximum Gasteiger partial charge on any atom is 0.234 e. The highest BCUT2D eigenvalue weighted by atomic mass is 16.1. The van der Waals surface area contributed by atoms with Crippen LogP contribution in [0.4, 0.5) is 5.82 Å². The van der Waals surface area contributed by atoms with Gasteiger partial charge in [-0.2, -0.15) is 5.26 Å². The van der Waals surface area contributed by atoms with E-state index in [9.17, 15) is 4.79 Å². The van der Waals surface area contributed by atoms with Crippen LogP contribution < -0.4 is 10.2 Å². The predicted molar refractivity (Wildman–Crippen MR) is 95.0 cm³/mol. The smallest absolute Gasteiger partial charge is 0.234 e. The standard InChI is InChI=1S/C18H18N6O/c19-6-1-15(25)23-13-4-9-24(10-5-13)18-16-12(2-7-21-18)11-22-17-14(16)3-8-20-17/h2-3,7-8,11,13H,1,4-5,9-10H2,(H,20,22)(H,23,25). The van der Waals surface area contributed by atoms with Crippen LogP contribution in [-0.2, 0) is 4.79 Å². The molecule has 1 saturated heterocycles. The third-order valence-corrected chi connectivity index (χ3v) is 4.69. The van der Waals surface area contributed by atoms with Gasteiger partial charge < -0.3 is 15.2 Å². The fourth-order valence-corrected chi connectivity index (χ4v) is 3.48. The van der Waals surface area contributed by atoms with Crippen molar-refractivity contribution >= 4 is 33.5 Å². The number of nitrogens with one attached hydrogen (secondary N) is 2. The number of aromatic nitrogens is 3. The molecule has 4 heterocycles. The van der Waals surface area contributed by atoms with Crippen LogP contribution in [0.3, 0.4) is 0 Å².